The summed E-state index contributed by atoms with van der Waals surface area (Å²) in [7, 11) is 0. The molecule has 0 aliphatic carbocycles. The normalized spacial score (nSPS) is 10.6. The SMILES string of the molecule is Cc1cc(C)c(C(=O)c2ccc(Cl)o2)c(F)c1. The van der Waals surface area contributed by atoms with Crippen molar-refractivity contribution < 1.29 is 13.6 Å². The topological polar surface area (TPSA) is 30.2 Å². The van der Waals surface area contributed by atoms with Gasteiger partial charge in [0, 0.05) is 0 Å². The van der Waals surface area contributed by atoms with E-state index >= 15 is 0 Å². The number of aryl methyl sites for hydroxylation is 2. The maximum Gasteiger partial charge on any atom is 0.231 e. The van der Waals surface area contributed by atoms with Gasteiger partial charge in [0.15, 0.2) is 11.0 Å². The Bertz CT molecular complexity index is 564. The standard InChI is InChI=1S/C13H10ClFO2/c1-7-5-8(2)12(9(15)6-7)13(16)10-3-4-11(14)17-10/h3-6H,1-2H3. The Morgan fingerprint density at radius 1 is 1.29 bits per heavy atom. The first kappa shape index (κ1) is 11.9. The van der Waals surface area contributed by atoms with Crippen LogP contribution in [0.2, 0.25) is 5.22 Å². The highest BCUT2D eigenvalue weighted by atomic mass is 35.5. The molecule has 0 saturated heterocycles. The smallest absolute Gasteiger partial charge is 0.231 e. The Morgan fingerprint density at radius 2 is 2.00 bits per heavy atom. The summed E-state index contributed by atoms with van der Waals surface area (Å²) in [5.41, 5.74) is 1.38. The largest absolute Gasteiger partial charge is 0.441 e. The minimum Gasteiger partial charge on any atom is -0.441 e. The second-order valence-corrected chi connectivity index (χ2v) is 4.24. The first-order chi connectivity index (χ1) is 7.99. The zero-order chi connectivity index (χ0) is 12.6. The molecule has 1 aromatic carbocycles. The number of furan rings is 1. The van der Waals surface area contributed by atoms with Crippen molar-refractivity contribution in [2.24, 2.45) is 0 Å². The average molecular weight is 253 g/mol. The maximum atomic E-state index is 13.8. The lowest BCUT2D eigenvalue weighted by Crippen LogP contribution is -2.06. The highest BCUT2D eigenvalue weighted by Gasteiger charge is 2.20. The summed E-state index contributed by atoms with van der Waals surface area (Å²) >= 11 is 5.58. The van der Waals surface area contributed by atoms with E-state index in [1.54, 1.807) is 19.9 Å². The molecule has 0 aliphatic rings. The molecule has 0 fully saturated rings. The Kier molecular flexibility index (Phi) is 3.03. The summed E-state index contributed by atoms with van der Waals surface area (Å²) in [5, 5.41) is 0.110. The van der Waals surface area contributed by atoms with Crippen LogP contribution in [0, 0.1) is 19.7 Å². The molecule has 4 heteroatoms. The van der Waals surface area contributed by atoms with E-state index in [-0.39, 0.29) is 16.5 Å². The van der Waals surface area contributed by atoms with Crippen molar-refractivity contribution in [2.75, 3.05) is 0 Å². The molecule has 0 radical (unpaired) electrons. The van der Waals surface area contributed by atoms with Crippen molar-refractivity contribution in [1.82, 2.24) is 0 Å². The number of hydrogen-bond donors (Lipinski definition) is 0. The average Bonchev–Trinajstić information content (AvgIpc) is 2.63. The molecular formula is C13H10ClFO2. The highest BCUT2D eigenvalue weighted by molar-refractivity contribution is 6.29. The van der Waals surface area contributed by atoms with E-state index in [4.69, 9.17) is 16.0 Å². The summed E-state index contributed by atoms with van der Waals surface area (Å²) in [6.07, 6.45) is 0. The highest BCUT2D eigenvalue weighted by Crippen LogP contribution is 2.22. The molecule has 0 bridgehead atoms. The van der Waals surface area contributed by atoms with Gasteiger partial charge in [0.1, 0.15) is 5.82 Å². The van der Waals surface area contributed by atoms with Gasteiger partial charge in [-0.15, -0.1) is 0 Å². The maximum absolute atomic E-state index is 13.8. The van der Waals surface area contributed by atoms with Crippen molar-refractivity contribution in [3.63, 3.8) is 0 Å². The van der Waals surface area contributed by atoms with Crippen LogP contribution in [-0.2, 0) is 0 Å². The second-order valence-electron chi connectivity index (χ2n) is 3.87. The number of carbonyl (C=O) groups is 1. The predicted octanol–water partition coefficient (Wildman–Crippen LogP) is 3.92. The van der Waals surface area contributed by atoms with Crippen LogP contribution in [-0.4, -0.2) is 5.78 Å². The number of halogens is 2. The van der Waals surface area contributed by atoms with Crippen LogP contribution >= 0.6 is 11.6 Å². The molecule has 0 aliphatic heterocycles. The van der Waals surface area contributed by atoms with Crippen LogP contribution in [0.3, 0.4) is 0 Å². The lowest BCUT2D eigenvalue weighted by Gasteiger charge is -2.06. The number of carbonyl (C=O) groups excluding carboxylic acids is 1. The number of hydrogen-bond acceptors (Lipinski definition) is 2. The van der Waals surface area contributed by atoms with Crippen LogP contribution < -0.4 is 0 Å². The minimum absolute atomic E-state index is 0.0293. The molecule has 1 aromatic heterocycles. The van der Waals surface area contributed by atoms with E-state index in [2.05, 4.69) is 0 Å². The molecule has 88 valence electrons. The Balaban J connectivity index is 2.51. The van der Waals surface area contributed by atoms with Crippen molar-refractivity contribution in [3.8, 4) is 0 Å². The molecule has 0 spiro atoms. The summed E-state index contributed by atoms with van der Waals surface area (Å²) in [6, 6.07) is 5.96. The quantitative estimate of drug-likeness (QED) is 0.759. The van der Waals surface area contributed by atoms with E-state index in [1.807, 2.05) is 0 Å². The van der Waals surface area contributed by atoms with Crippen molar-refractivity contribution in [3.05, 3.63) is 57.8 Å². The van der Waals surface area contributed by atoms with E-state index in [9.17, 15) is 9.18 Å². The van der Waals surface area contributed by atoms with Crippen LogP contribution in [0.1, 0.15) is 27.2 Å². The fourth-order valence-corrected chi connectivity index (χ4v) is 1.91. The lowest BCUT2D eigenvalue weighted by atomic mass is 10.0. The van der Waals surface area contributed by atoms with Gasteiger partial charge in [-0.25, -0.2) is 4.39 Å². The molecule has 17 heavy (non-hydrogen) atoms. The molecule has 0 N–H and O–H groups in total. The summed E-state index contributed by atoms with van der Waals surface area (Å²) in [5.74, 6) is -0.993. The summed E-state index contributed by atoms with van der Waals surface area (Å²) < 4.78 is 18.7. The Hall–Kier alpha value is -1.61. The fraction of sp³-hybridized carbons (Fsp3) is 0.154. The second kappa shape index (κ2) is 4.34. The molecule has 2 nitrogen and oxygen atoms in total. The van der Waals surface area contributed by atoms with Gasteiger partial charge in [-0.05, 0) is 54.8 Å². The fourth-order valence-electron chi connectivity index (χ4n) is 1.76. The van der Waals surface area contributed by atoms with Gasteiger partial charge < -0.3 is 4.42 Å². The molecule has 0 amide bonds. The number of benzene rings is 1. The minimum atomic E-state index is -0.542. The Morgan fingerprint density at radius 3 is 2.53 bits per heavy atom. The third-order valence-electron chi connectivity index (χ3n) is 2.46. The molecule has 0 unspecified atom stereocenters. The predicted molar refractivity (Wildman–Crippen MR) is 63.0 cm³/mol. The van der Waals surface area contributed by atoms with E-state index in [0.717, 1.165) is 5.56 Å². The first-order valence-corrected chi connectivity index (χ1v) is 5.43. The molecule has 0 atom stereocenters. The zero-order valence-electron chi connectivity index (χ0n) is 9.38. The van der Waals surface area contributed by atoms with E-state index in [0.29, 0.717) is 5.56 Å². The van der Waals surface area contributed by atoms with Crippen LogP contribution in [0.15, 0.2) is 28.7 Å². The molecule has 2 rings (SSSR count). The third kappa shape index (κ3) is 2.24. The molecular weight excluding hydrogens is 243 g/mol. The van der Waals surface area contributed by atoms with Gasteiger partial charge in [0.2, 0.25) is 5.78 Å². The van der Waals surface area contributed by atoms with Gasteiger partial charge in [0.05, 0.1) is 5.56 Å². The van der Waals surface area contributed by atoms with Crippen LogP contribution in [0.5, 0.6) is 0 Å². The van der Waals surface area contributed by atoms with Gasteiger partial charge in [0.25, 0.3) is 0 Å². The lowest BCUT2D eigenvalue weighted by molar-refractivity contribution is 0.100. The monoisotopic (exact) mass is 252 g/mol. The van der Waals surface area contributed by atoms with Crippen LogP contribution in [0.4, 0.5) is 4.39 Å². The zero-order valence-corrected chi connectivity index (χ0v) is 10.1. The Labute approximate surface area is 103 Å². The number of rotatable bonds is 2. The first-order valence-electron chi connectivity index (χ1n) is 5.06. The number of ketones is 1. The third-order valence-corrected chi connectivity index (χ3v) is 2.66. The van der Waals surface area contributed by atoms with E-state index < -0.39 is 11.6 Å². The van der Waals surface area contributed by atoms with Gasteiger partial charge in [-0.2, -0.15) is 0 Å². The van der Waals surface area contributed by atoms with Crippen molar-refractivity contribution >= 4 is 17.4 Å². The van der Waals surface area contributed by atoms with Crippen molar-refractivity contribution in [2.45, 2.75) is 13.8 Å². The van der Waals surface area contributed by atoms with Crippen LogP contribution in [0.25, 0.3) is 0 Å². The molecule has 1 heterocycles. The molecule has 0 saturated carbocycles. The van der Waals surface area contributed by atoms with Gasteiger partial charge in [-0.3, -0.25) is 4.79 Å². The van der Waals surface area contributed by atoms with Gasteiger partial charge in [-0.1, -0.05) is 6.07 Å². The van der Waals surface area contributed by atoms with Gasteiger partial charge >= 0.3 is 0 Å². The van der Waals surface area contributed by atoms with Crippen molar-refractivity contribution in [1.29, 1.82) is 0 Å². The molecule has 2 aromatic rings. The summed E-state index contributed by atoms with van der Waals surface area (Å²) in [4.78, 5) is 12.0. The summed E-state index contributed by atoms with van der Waals surface area (Å²) in [6.45, 7) is 3.46. The van der Waals surface area contributed by atoms with E-state index in [1.165, 1.54) is 18.2 Å².